The first-order valence-electron chi connectivity index (χ1n) is 7.83. The number of rotatable bonds is 8. The molecule has 0 amide bonds. The third kappa shape index (κ3) is 5.46. The average molecular weight is 411 g/mol. The number of nitrogens with zero attached hydrogens (tertiary/aromatic N) is 2. The van der Waals surface area contributed by atoms with Crippen LogP contribution in [0.25, 0.3) is 11.5 Å². The van der Waals surface area contributed by atoms with E-state index in [1.54, 1.807) is 18.2 Å². The van der Waals surface area contributed by atoms with Gasteiger partial charge in [-0.1, -0.05) is 53.2 Å². The van der Waals surface area contributed by atoms with Gasteiger partial charge in [0.15, 0.2) is 0 Å². The van der Waals surface area contributed by atoms with Crippen LogP contribution in [-0.2, 0) is 11.3 Å². The summed E-state index contributed by atoms with van der Waals surface area (Å²) in [7, 11) is 0. The fraction of sp³-hybridized carbons (Fsp3) is 0.222. The summed E-state index contributed by atoms with van der Waals surface area (Å²) in [5.74, 6) is 0.790. The van der Waals surface area contributed by atoms with Crippen LogP contribution in [0.2, 0.25) is 10.0 Å². The van der Waals surface area contributed by atoms with Gasteiger partial charge in [-0.2, -0.15) is 0 Å². The third-order valence-electron chi connectivity index (χ3n) is 3.42. The maximum atomic E-state index is 10.0. The number of aliphatic hydroxyl groups excluding tert-OH is 1. The minimum Gasteiger partial charge on any atom is -0.411 e. The molecule has 1 heterocycles. The van der Waals surface area contributed by atoms with Crippen LogP contribution in [0.15, 0.2) is 58.2 Å². The maximum Gasteiger partial charge on any atom is 0.276 e. The molecule has 0 fully saturated rings. The van der Waals surface area contributed by atoms with Gasteiger partial charge in [0.25, 0.3) is 5.22 Å². The summed E-state index contributed by atoms with van der Waals surface area (Å²) in [5, 5.41) is 19.7. The predicted octanol–water partition coefficient (Wildman–Crippen LogP) is 4.71. The molecule has 26 heavy (non-hydrogen) atoms. The molecule has 0 saturated heterocycles. The minimum absolute atomic E-state index is 0.191. The normalized spacial score (nSPS) is 12.3. The lowest BCUT2D eigenvalue weighted by molar-refractivity contribution is 0.0397. The van der Waals surface area contributed by atoms with E-state index < -0.39 is 6.10 Å². The van der Waals surface area contributed by atoms with Gasteiger partial charge in [0.1, 0.15) is 0 Å². The van der Waals surface area contributed by atoms with Gasteiger partial charge in [-0.05, 0) is 35.9 Å². The number of benzene rings is 2. The largest absolute Gasteiger partial charge is 0.411 e. The van der Waals surface area contributed by atoms with Crippen molar-refractivity contribution in [3.05, 3.63) is 64.1 Å². The maximum absolute atomic E-state index is 10.0. The number of aliphatic hydroxyl groups is 1. The van der Waals surface area contributed by atoms with E-state index in [-0.39, 0.29) is 6.61 Å². The molecule has 0 saturated carbocycles. The first-order chi connectivity index (χ1) is 12.6. The number of halogens is 2. The van der Waals surface area contributed by atoms with E-state index in [1.807, 2.05) is 30.3 Å². The lowest BCUT2D eigenvalue weighted by Crippen LogP contribution is -2.18. The van der Waals surface area contributed by atoms with Crippen LogP contribution < -0.4 is 0 Å². The second kappa shape index (κ2) is 9.39. The number of hydrogen-bond donors (Lipinski definition) is 1. The van der Waals surface area contributed by atoms with E-state index in [9.17, 15) is 5.11 Å². The van der Waals surface area contributed by atoms with E-state index in [4.69, 9.17) is 32.4 Å². The van der Waals surface area contributed by atoms with E-state index in [1.165, 1.54) is 11.8 Å². The van der Waals surface area contributed by atoms with Gasteiger partial charge in [-0.15, -0.1) is 10.2 Å². The molecule has 1 aromatic heterocycles. The SMILES string of the molecule is OC(COCc1ccccc1Cl)CSc1nnc(-c2ccc(Cl)cc2)o1. The van der Waals surface area contributed by atoms with Crippen molar-refractivity contribution in [2.45, 2.75) is 17.9 Å². The fourth-order valence-corrected chi connectivity index (χ4v) is 3.10. The molecule has 1 atom stereocenters. The summed E-state index contributed by atoms with van der Waals surface area (Å²) in [4.78, 5) is 0. The number of ether oxygens (including phenoxy) is 1. The van der Waals surface area contributed by atoms with E-state index in [0.717, 1.165) is 11.1 Å². The second-order valence-corrected chi connectivity index (χ2v) is 7.27. The summed E-state index contributed by atoms with van der Waals surface area (Å²) in [6.07, 6.45) is -0.659. The van der Waals surface area contributed by atoms with Gasteiger partial charge in [-0.3, -0.25) is 0 Å². The molecule has 0 spiro atoms. The number of aromatic nitrogens is 2. The Morgan fingerprint density at radius 1 is 1.08 bits per heavy atom. The Bertz CT molecular complexity index is 842. The van der Waals surface area contributed by atoms with Crippen LogP contribution in [-0.4, -0.2) is 33.8 Å². The highest BCUT2D eigenvalue weighted by molar-refractivity contribution is 7.99. The molecule has 0 aliphatic rings. The molecule has 0 aliphatic carbocycles. The Morgan fingerprint density at radius 2 is 1.85 bits per heavy atom. The van der Waals surface area contributed by atoms with Gasteiger partial charge in [0.2, 0.25) is 5.89 Å². The molecule has 0 radical (unpaired) electrons. The fourth-order valence-electron chi connectivity index (χ4n) is 2.11. The smallest absolute Gasteiger partial charge is 0.276 e. The first kappa shape index (κ1) is 19.2. The predicted molar refractivity (Wildman–Crippen MR) is 103 cm³/mol. The molecule has 0 bridgehead atoms. The highest BCUT2D eigenvalue weighted by Gasteiger charge is 2.12. The molecule has 5 nitrogen and oxygen atoms in total. The quantitative estimate of drug-likeness (QED) is 0.542. The monoisotopic (exact) mass is 410 g/mol. The van der Waals surface area contributed by atoms with Crippen molar-refractivity contribution in [2.75, 3.05) is 12.4 Å². The highest BCUT2D eigenvalue weighted by Crippen LogP contribution is 2.24. The summed E-state index contributed by atoms with van der Waals surface area (Å²) in [6.45, 7) is 0.541. The van der Waals surface area contributed by atoms with Crippen molar-refractivity contribution in [3.8, 4) is 11.5 Å². The van der Waals surface area contributed by atoms with Crippen molar-refractivity contribution in [3.63, 3.8) is 0 Å². The van der Waals surface area contributed by atoms with Crippen LogP contribution in [0.4, 0.5) is 0 Å². The Morgan fingerprint density at radius 3 is 2.62 bits per heavy atom. The molecule has 8 heteroatoms. The lowest BCUT2D eigenvalue weighted by Gasteiger charge is -2.10. The zero-order valence-electron chi connectivity index (χ0n) is 13.6. The zero-order valence-corrected chi connectivity index (χ0v) is 16.0. The van der Waals surface area contributed by atoms with E-state index in [2.05, 4.69) is 10.2 Å². The molecular formula is C18H16Cl2N2O3S. The van der Waals surface area contributed by atoms with Crippen LogP contribution in [0.5, 0.6) is 0 Å². The van der Waals surface area contributed by atoms with Gasteiger partial charge < -0.3 is 14.3 Å². The first-order valence-corrected chi connectivity index (χ1v) is 9.57. The van der Waals surface area contributed by atoms with Crippen molar-refractivity contribution in [1.82, 2.24) is 10.2 Å². The summed E-state index contributed by atoms with van der Waals surface area (Å²) in [5.41, 5.74) is 1.68. The molecular weight excluding hydrogens is 395 g/mol. The summed E-state index contributed by atoms with van der Waals surface area (Å²) in [6, 6.07) is 14.6. The van der Waals surface area contributed by atoms with Crippen LogP contribution in [0, 0.1) is 0 Å². The molecule has 3 rings (SSSR count). The molecule has 136 valence electrons. The second-order valence-electron chi connectivity index (χ2n) is 5.45. The number of thioether (sulfide) groups is 1. The van der Waals surface area contributed by atoms with Crippen molar-refractivity contribution < 1.29 is 14.3 Å². The van der Waals surface area contributed by atoms with E-state index >= 15 is 0 Å². The van der Waals surface area contributed by atoms with Gasteiger partial charge in [0, 0.05) is 21.4 Å². The van der Waals surface area contributed by atoms with Crippen molar-refractivity contribution >= 4 is 35.0 Å². The van der Waals surface area contributed by atoms with Crippen LogP contribution in [0.1, 0.15) is 5.56 Å². The Kier molecular flexibility index (Phi) is 6.93. The Labute approximate surface area is 165 Å². The van der Waals surface area contributed by atoms with Crippen LogP contribution in [0.3, 0.4) is 0 Å². The lowest BCUT2D eigenvalue weighted by atomic mass is 10.2. The standard InChI is InChI=1S/C18H16Cl2N2O3S/c19-14-7-5-12(6-8-14)17-21-22-18(25-17)26-11-15(23)10-24-9-13-3-1-2-4-16(13)20/h1-8,15,23H,9-11H2. The summed E-state index contributed by atoms with van der Waals surface area (Å²) >= 11 is 13.2. The topological polar surface area (TPSA) is 68.4 Å². The highest BCUT2D eigenvalue weighted by atomic mass is 35.5. The van der Waals surface area contributed by atoms with Crippen molar-refractivity contribution in [1.29, 1.82) is 0 Å². The molecule has 0 aliphatic heterocycles. The molecule has 3 aromatic rings. The van der Waals surface area contributed by atoms with Crippen LogP contribution >= 0.6 is 35.0 Å². The molecule has 1 unspecified atom stereocenters. The number of hydrogen-bond acceptors (Lipinski definition) is 6. The molecule has 2 aromatic carbocycles. The molecule has 1 N–H and O–H groups in total. The van der Waals surface area contributed by atoms with E-state index in [0.29, 0.717) is 33.5 Å². The Hall–Kier alpha value is -1.57. The van der Waals surface area contributed by atoms with Gasteiger partial charge in [-0.25, -0.2) is 0 Å². The van der Waals surface area contributed by atoms with Gasteiger partial charge in [0.05, 0.1) is 19.3 Å². The van der Waals surface area contributed by atoms with Crippen molar-refractivity contribution in [2.24, 2.45) is 0 Å². The summed E-state index contributed by atoms with van der Waals surface area (Å²) < 4.78 is 11.1. The van der Waals surface area contributed by atoms with Gasteiger partial charge >= 0.3 is 0 Å². The zero-order chi connectivity index (χ0) is 18.4. The third-order valence-corrected chi connectivity index (χ3v) is 5.01. The average Bonchev–Trinajstić information content (AvgIpc) is 3.11. The minimum atomic E-state index is -0.659. The Balaban J connectivity index is 1.44.